The lowest BCUT2D eigenvalue weighted by molar-refractivity contribution is -0.122. The first-order valence-corrected chi connectivity index (χ1v) is 7.48. The molecule has 0 aromatic rings. The van der Waals surface area contributed by atoms with Gasteiger partial charge in [0, 0.05) is 17.3 Å². The molecule has 0 heterocycles. The number of alkyl halides is 1. The van der Waals surface area contributed by atoms with E-state index in [9.17, 15) is 4.79 Å². The maximum atomic E-state index is 11.8. The fraction of sp³-hybridized carbons (Fsp3) is 0.923. The molecule has 1 amide bonds. The molecule has 3 atom stereocenters. The molecule has 1 rings (SSSR count). The number of halogens is 1. The summed E-state index contributed by atoms with van der Waals surface area (Å²) in [6, 6.07) is 0.346. The van der Waals surface area contributed by atoms with Gasteiger partial charge in [-0.05, 0) is 18.8 Å². The number of carbonyl (C=O) groups is 1. The molecule has 0 spiro atoms. The number of amides is 1. The van der Waals surface area contributed by atoms with E-state index < -0.39 is 0 Å². The minimum Gasteiger partial charge on any atom is -0.352 e. The van der Waals surface area contributed by atoms with Crippen LogP contribution < -0.4 is 5.32 Å². The minimum absolute atomic E-state index is 0.228. The normalized spacial score (nSPS) is 28.2. The second kappa shape index (κ2) is 7.31. The van der Waals surface area contributed by atoms with Gasteiger partial charge in [-0.2, -0.15) is 0 Å². The van der Waals surface area contributed by atoms with E-state index in [1.807, 2.05) is 0 Å². The predicted molar refractivity (Wildman–Crippen MR) is 71.8 cm³/mol. The van der Waals surface area contributed by atoms with E-state index in [-0.39, 0.29) is 5.91 Å². The van der Waals surface area contributed by atoms with Gasteiger partial charge < -0.3 is 5.32 Å². The van der Waals surface area contributed by atoms with Gasteiger partial charge in [0.15, 0.2) is 0 Å². The molecule has 0 aromatic heterocycles. The first kappa shape index (κ1) is 14.0. The summed E-state index contributed by atoms with van der Waals surface area (Å²) in [5.74, 6) is 0.727. The lowest BCUT2D eigenvalue weighted by atomic mass is 10.0. The fourth-order valence-corrected chi connectivity index (χ4v) is 2.87. The lowest BCUT2D eigenvalue weighted by Crippen LogP contribution is -2.40. The van der Waals surface area contributed by atoms with Crippen molar-refractivity contribution < 1.29 is 4.79 Å². The minimum atomic E-state index is 0.228. The topological polar surface area (TPSA) is 29.1 Å². The van der Waals surface area contributed by atoms with Gasteiger partial charge in [-0.15, -0.1) is 0 Å². The Hall–Kier alpha value is -0.0500. The van der Waals surface area contributed by atoms with Gasteiger partial charge in [-0.1, -0.05) is 55.5 Å². The van der Waals surface area contributed by atoms with Crippen LogP contribution in [-0.4, -0.2) is 16.8 Å². The van der Waals surface area contributed by atoms with E-state index in [2.05, 4.69) is 35.1 Å². The van der Waals surface area contributed by atoms with Crippen molar-refractivity contribution in [3.63, 3.8) is 0 Å². The molecule has 0 aliphatic heterocycles. The van der Waals surface area contributed by atoms with Crippen LogP contribution in [0.1, 0.15) is 58.8 Å². The lowest BCUT2D eigenvalue weighted by Gasteiger charge is -2.22. The van der Waals surface area contributed by atoms with Crippen LogP contribution >= 0.6 is 15.9 Å². The highest BCUT2D eigenvalue weighted by molar-refractivity contribution is 9.09. The number of rotatable bonds is 4. The molecule has 3 heteroatoms. The number of nitrogens with one attached hydrogen (secondary N) is 1. The second-order valence-electron chi connectivity index (χ2n) is 5.05. The molecule has 0 aromatic carbocycles. The van der Waals surface area contributed by atoms with Gasteiger partial charge >= 0.3 is 0 Å². The van der Waals surface area contributed by atoms with Gasteiger partial charge in [-0.25, -0.2) is 0 Å². The summed E-state index contributed by atoms with van der Waals surface area (Å²) < 4.78 is 0. The Morgan fingerprint density at radius 1 is 1.38 bits per heavy atom. The number of hydrogen-bond acceptors (Lipinski definition) is 1. The molecule has 1 saturated carbocycles. The second-order valence-corrected chi connectivity index (χ2v) is 6.22. The Bertz CT molecular complexity index is 220. The SMILES string of the molecule is CCC(C)CC(=O)NC1CCCCCC1Br. The van der Waals surface area contributed by atoms with E-state index in [1.165, 1.54) is 25.7 Å². The maximum Gasteiger partial charge on any atom is 0.220 e. The number of hydrogen-bond donors (Lipinski definition) is 1. The van der Waals surface area contributed by atoms with Gasteiger partial charge in [-0.3, -0.25) is 4.79 Å². The largest absolute Gasteiger partial charge is 0.352 e. The van der Waals surface area contributed by atoms with E-state index in [1.54, 1.807) is 0 Å². The van der Waals surface area contributed by atoms with Crippen molar-refractivity contribution in [2.24, 2.45) is 5.92 Å². The standard InChI is InChI=1S/C13H24BrNO/c1-3-10(2)9-13(16)15-12-8-6-4-5-7-11(12)14/h10-12H,3-9H2,1-2H3,(H,15,16). The van der Waals surface area contributed by atoms with Crippen LogP contribution in [-0.2, 0) is 4.79 Å². The van der Waals surface area contributed by atoms with Crippen molar-refractivity contribution >= 4 is 21.8 Å². The van der Waals surface area contributed by atoms with Crippen LogP contribution in [0.5, 0.6) is 0 Å². The molecular weight excluding hydrogens is 266 g/mol. The molecule has 3 unspecified atom stereocenters. The van der Waals surface area contributed by atoms with E-state index in [0.717, 1.165) is 12.8 Å². The zero-order chi connectivity index (χ0) is 12.0. The molecular formula is C13H24BrNO. The molecule has 1 aliphatic carbocycles. The quantitative estimate of drug-likeness (QED) is 0.621. The van der Waals surface area contributed by atoms with Crippen LogP contribution in [0.4, 0.5) is 0 Å². The fourth-order valence-electron chi connectivity index (χ4n) is 2.15. The van der Waals surface area contributed by atoms with Crippen molar-refractivity contribution in [2.45, 2.75) is 69.7 Å². The van der Waals surface area contributed by atoms with E-state index >= 15 is 0 Å². The molecule has 16 heavy (non-hydrogen) atoms. The summed E-state index contributed by atoms with van der Waals surface area (Å²) in [7, 11) is 0. The van der Waals surface area contributed by atoms with Gasteiger partial charge in [0.1, 0.15) is 0 Å². The zero-order valence-electron chi connectivity index (χ0n) is 10.5. The molecule has 2 nitrogen and oxygen atoms in total. The zero-order valence-corrected chi connectivity index (χ0v) is 12.1. The highest BCUT2D eigenvalue weighted by Crippen LogP contribution is 2.24. The Labute approximate surface area is 108 Å². The van der Waals surface area contributed by atoms with Gasteiger partial charge in [0.05, 0.1) is 0 Å². The summed E-state index contributed by atoms with van der Waals surface area (Å²) >= 11 is 3.70. The molecule has 0 bridgehead atoms. The highest BCUT2D eigenvalue weighted by atomic mass is 79.9. The molecule has 0 radical (unpaired) electrons. The summed E-state index contributed by atoms with van der Waals surface area (Å²) in [6.45, 7) is 4.27. The third-order valence-corrected chi connectivity index (χ3v) is 4.60. The van der Waals surface area contributed by atoms with Crippen molar-refractivity contribution in [2.75, 3.05) is 0 Å². The Morgan fingerprint density at radius 2 is 2.06 bits per heavy atom. The first-order valence-electron chi connectivity index (χ1n) is 6.57. The predicted octanol–water partition coefficient (Wildman–Crippen LogP) is 3.64. The maximum absolute atomic E-state index is 11.8. The van der Waals surface area contributed by atoms with Crippen molar-refractivity contribution in [1.29, 1.82) is 0 Å². The van der Waals surface area contributed by atoms with Gasteiger partial charge in [0.25, 0.3) is 0 Å². The van der Waals surface area contributed by atoms with Crippen molar-refractivity contribution in [1.82, 2.24) is 5.32 Å². The summed E-state index contributed by atoms with van der Waals surface area (Å²) in [6.07, 6.45) is 7.91. The summed E-state index contributed by atoms with van der Waals surface area (Å²) in [4.78, 5) is 12.3. The number of carbonyl (C=O) groups excluding carboxylic acids is 1. The average Bonchev–Trinajstić information content (AvgIpc) is 2.44. The smallest absolute Gasteiger partial charge is 0.220 e. The molecule has 0 saturated heterocycles. The summed E-state index contributed by atoms with van der Waals surface area (Å²) in [5.41, 5.74) is 0. The van der Waals surface area contributed by atoms with Crippen LogP contribution in [0.2, 0.25) is 0 Å². The third kappa shape index (κ3) is 4.86. The Balaban J connectivity index is 2.36. The first-order chi connectivity index (χ1) is 7.63. The average molecular weight is 290 g/mol. The van der Waals surface area contributed by atoms with Gasteiger partial charge in [0.2, 0.25) is 5.91 Å². The monoisotopic (exact) mass is 289 g/mol. The van der Waals surface area contributed by atoms with Crippen LogP contribution in [0.15, 0.2) is 0 Å². The molecule has 1 N–H and O–H groups in total. The van der Waals surface area contributed by atoms with Crippen LogP contribution in [0.25, 0.3) is 0 Å². The third-order valence-electron chi connectivity index (χ3n) is 3.51. The highest BCUT2D eigenvalue weighted by Gasteiger charge is 2.23. The molecule has 1 aliphatic rings. The van der Waals surface area contributed by atoms with Crippen LogP contribution in [0, 0.1) is 5.92 Å². The summed E-state index contributed by atoms with van der Waals surface area (Å²) in [5, 5.41) is 3.19. The van der Waals surface area contributed by atoms with Crippen molar-refractivity contribution in [3.05, 3.63) is 0 Å². The Kier molecular flexibility index (Phi) is 6.40. The van der Waals surface area contributed by atoms with E-state index in [4.69, 9.17) is 0 Å². The van der Waals surface area contributed by atoms with Crippen molar-refractivity contribution in [3.8, 4) is 0 Å². The Morgan fingerprint density at radius 3 is 2.75 bits per heavy atom. The molecule has 1 fully saturated rings. The van der Waals surface area contributed by atoms with E-state index in [0.29, 0.717) is 23.2 Å². The molecule has 94 valence electrons. The van der Waals surface area contributed by atoms with Crippen LogP contribution in [0.3, 0.4) is 0 Å².